The second-order valence-electron chi connectivity index (χ2n) is 13.5. The van der Waals surface area contributed by atoms with Gasteiger partial charge in [-0.3, -0.25) is 4.79 Å². The molecular formula is C38H46N2O6. The fourth-order valence-electron chi connectivity index (χ4n) is 6.55. The van der Waals surface area contributed by atoms with Crippen molar-refractivity contribution in [3.05, 3.63) is 89.5 Å². The molecular weight excluding hydrogens is 580 g/mol. The van der Waals surface area contributed by atoms with Gasteiger partial charge >= 0.3 is 12.1 Å². The fourth-order valence-corrected chi connectivity index (χ4v) is 6.55. The molecule has 2 atom stereocenters. The quantitative estimate of drug-likeness (QED) is 0.227. The maximum absolute atomic E-state index is 13.6. The van der Waals surface area contributed by atoms with Crippen LogP contribution in [-0.4, -0.2) is 50.4 Å². The Morgan fingerprint density at radius 3 is 2.00 bits per heavy atom. The normalized spacial score (nSPS) is 16.0. The third-order valence-corrected chi connectivity index (χ3v) is 9.11. The van der Waals surface area contributed by atoms with Gasteiger partial charge in [0.25, 0.3) is 0 Å². The molecule has 244 valence electrons. The van der Waals surface area contributed by atoms with Gasteiger partial charge in [-0.1, -0.05) is 101 Å². The van der Waals surface area contributed by atoms with Gasteiger partial charge in [0.2, 0.25) is 5.91 Å². The van der Waals surface area contributed by atoms with Crippen molar-refractivity contribution in [3.63, 3.8) is 0 Å². The van der Waals surface area contributed by atoms with Gasteiger partial charge in [-0.05, 0) is 64.1 Å². The molecule has 0 aromatic heterocycles. The predicted molar refractivity (Wildman–Crippen MR) is 178 cm³/mol. The Morgan fingerprint density at radius 1 is 0.804 bits per heavy atom. The summed E-state index contributed by atoms with van der Waals surface area (Å²) in [6.45, 7) is 6.38. The molecule has 1 fully saturated rings. The molecule has 0 bridgehead atoms. The van der Waals surface area contributed by atoms with Crippen LogP contribution in [-0.2, 0) is 25.5 Å². The maximum Gasteiger partial charge on any atom is 0.407 e. The van der Waals surface area contributed by atoms with Gasteiger partial charge in [0.05, 0.1) is 13.7 Å². The van der Waals surface area contributed by atoms with E-state index in [1.807, 2.05) is 69.3 Å². The zero-order valence-electron chi connectivity index (χ0n) is 27.3. The van der Waals surface area contributed by atoms with E-state index in [2.05, 4.69) is 34.9 Å². The van der Waals surface area contributed by atoms with Crippen molar-refractivity contribution in [3.8, 4) is 16.9 Å². The first-order valence-electron chi connectivity index (χ1n) is 16.4. The molecule has 0 spiro atoms. The van der Waals surface area contributed by atoms with Gasteiger partial charge in [-0.25, -0.2) is 9.59 Å². The molecule has 2 aliphatic rings. The molecule has 8 heteroatoms. The number of alkyl carbamates (subject to hydrolysis) is 1. The summed E-state index contributed by atoms with van der Waals surface area (Å²) in [6, 6.07) is 21.9. The minimum absolute atomic E-state index is 0.104. The minimum Gasteiger partial charge on any atom is -0.493 e. The van der Waals surface area contributed by atoms with Crippen LogP contribution in [0.25, 0.3) is 11.1 Å². The molecule has 3 aromatic carbocycles. The number of benzene rings is 3. The van der Waals surface area contributed by atoms with Crippen molar-refractivity contribution in [1.82, 2.24) is 10.6 Å². The van der Waals surface area contributed by atoms with E-state index < -0.39 is 35.5 Å². The molecule has 0 aliphatic heterocycles. The largest absolute Gasteiger partial charge is 0.493 e. The van der Waals surface area contributed by atoms with Gasteiger partial charge < -0.3 is 24.8 Å². The number of hydrogen-bond acceptors (Lipinski definition) is 6. The van der Waals surface area contributed by atoms with E-state index in [1.54, 1.807) is 0 Å². The van der Waals surface area contributed by atoms with Crippen LogP contribution in [0.15, 0.2) is 72.8 Å². The third-order valence-electron chi connectivity index (χ3n) is 9.11. The molecule has 2 aliphatic carbocycles. The van der Waals surface area contributed by atoms with Crippen LogP contribution in [0.3, 0.4) is 0 Å². The number of rotatable bonds is 11. The molecule has 2 N–H and O–H groups in total. The smallest absolute Gasteiger partial charge is 0.407 e. The first kappa shape index (κ1) is 33.0. The number of hydrogen-bond donors (Lipinski definition) is 2. The molecule has 1 saturated carbocycles. The highest BCUT2D eigenvalue weighted by Crippen LogP contribution is 2.44. The molecule has 0 unspecified atom stereocenters. The summed E-state index contributed by atoms with van der Waals surface area (Å²) >= 11 is 0. The molecule has 3 aromatic rings. The summed E-state index contributed by atoms with van der Waals surface area (Å²) < 4.78 is 16.8. The van der Waals surface area contributed by atoms with Gasteiger partial charge in [-0.2, -0.15) is 0 Å². The molecule has 2 amide bonds. The average Bonchev–Trinajstić information content (AvgIpc) is 3.38. The number of carbonyl (C=O) groups excluding carboxylic acids is 3. The fraction of sp³-hybridized carbons (Fsp3) is 0.447. The number of fused-ring (bicyclic) bond motifs is 3. The van der Waals surface area contributed by atoms with Crippen molar-refractivity contribution >= 4 is 18.0 Å². The summed E-state index contributed by atoms with van der Waals surface area (Å²) in [7, 11) is 1.29. The standard InChI is InChI=1S/C38H46N2O6/c1-38(2,3)34(40-37(43)46-24-32-30-16-10-8-14-28(30)29-15-9-11-17-31(29)32)35(41)39-33(36(42)44-4)22-25-18-20-27(21-19-25)45-23-26-12-6-5-7-13-26/h8-11,14-21,26,32-34H,5-7,12-13,22-24H2,1-4H3,(H,39,41)(H,40,43)/t33-,34+/m0/s1. The van der Waals surface area contributed by atoms with Crippen molar-refractivity contribution in [2.75, 3.05) is 20.3 Å². The molecule has 5 rings (SSSR count). The van der Waals surface area contributed by atoms with Gasteiger partial charge in [-0.15, -0.1) is 0 Å². The highest BCUT2D eigenvalue weighted by molar-refractivity contribution is 5.90. The minimum atomic E-state index is -0.967. The summed E-state index contributed by atoms with van der Waals surface area (Å²) in [5.74, 6) is 0.217. The number of nitrogens with one attached hydrogen (secondary N) is 2. The van der Waals surface area contributed by atoms with Gasteiger partial charge in [0, 0.05) is 12.3 Å². The molecule has 0 heterocycles. The van der Waals surface area contributed by atoms with Crippen molar-refractivity contribution < 1.29 is 28.6 Å². The van der Waals surface area contributed by atoms with E-state index in [0.29, 0.717) is 12.5 Å². The Morgan fingerprint density at radius 2 is 1.41 bits per heavy atom. The average molecular weight is 627 g/mol. The number of ether oxygens (including phenoxy) is 3. The number of carbonyl (C=O) groups is 3. The zero-order valence-corrected chi connectivity index (χ0v) is 27.3. The Balaban J connectivity index is 1.19. The van der Waals surface area contributed by atoms with Crippen LogP contribution < -0.4 is 15.4 Å². The van der Waals surface area contributed by atoms with E-state index in [9.17, 15) is 14.4 Å². The van der Waals surface area contributed by atoms with Crippen molar-refractivity contribution in [2.45, 2.75) is 77.3 Å². The van der Waals surface area contributed by atoms with E-state index in [1.165, 1.54) is 39.2 Å². The second kappa shape index (κ2) is 14.8. The van der Waals surface area contributed by atoms with Gasteiger partial charge in [0.15, 0.2) is 0 Å². The van der Waals surface area contributed by atoms with Crippen molar-refractivity contribution in [2.24, 2.45) is 11.3 Å². The van der Waals surface area contributed by atoms with E-state index in [0.717, 1.165) is 33.6 Å². The molecule has 8 nitrogen and oxygen atoms in total. The maximum atomic E-state index is 13.6. The summed E-state index contributed by atoms with van der Waals surface area (Å²) in [4.78, 5) is 39.5. The van der Waals surface area contributed by atoms with E-state index in [-0.39, 0.29) is 18.9 Å². The third kappa shape index (κ3) is 8.08. The Kier molecular flexibility index (Phi) is 10.7. The number of methoxy groups -OCH3 is 1. The van der Waals surface area contributed by atoms with Crippen molar-refractivity contribution in [1.29, 1.82) is 0 Å². The lowest BCUT2D eigenvalue weighted by Gasteiger charge is -2.31. The lowest BCUT2D eigenvalue weighted by Crippen LogP contribution is -2.57. The highest BCUT2D eigenvalue weighted by Gasteiger charge is 2.36. The van der Waals surface area contributed by atoms with E-state index in [4.69, 9.17) is 14.2 Å². The predicted octanol–water partition coefficient (Wildman–Crippen LogP) is 6.80. The molecule has 46 heavy (non-hydrogen) atoms. The monoisotopic (exact) mass is 626 g/mol. The zero-order chi connectivity index (χ0) is 32.7. The van der Waals surface area contributed by atoms with Crippen LogP contribution >= 0.6 is 0 Å². The molecule has 0 radical (unpaired) electrons. The van der Waals surface area contributed by atoms with Crippen LogP contribution in [0.4, 0.5) is 4.79 Å². The second-order valence-corrected chi connectivity index (χ2v) is 13.5. The number of amides is 2. The highest BCUT2D eigenvalue weighted by atomic mass is 16.5. The first-order chi connectivity index (χ1) is 22.1. The first-order valence-corrected chi connectivity index (χ1v) is 16.4. The lowest BCUT2D eigenvalue weighted by molar-refractivity contribution is -0.145. The SMILES string of the molecule is COC(=O)[C@H](Cc1ccc(OCC2CCCCC2)cc1)NC(=O)[C@@H](NC(=O)OCC1c2ccccc2-c2ccccc21)C(C)(C)C. The van der Waals surface area contributed by atoms with E-state index >= 15 is 0 Å². The van der Waals surface area contributed by atoms with Gasteiger partial charge in [0.1, 0.15) is 24.4 Å². The van der Waals surface area contributed by atoms with Crippen LogP contribution in [0.1, 0.15) is 75.5 Å². The summed E-state index contributed by atoms with van der Waals surface area (Å²) in [5.41, 5.74) is 4.65. The van der Waals surface area contributed by atoms with Crippen LogP contribution in [0.2, 0.25) is 0 Å². The van der Waals surface area contributed by atoms with Crippen LogP contribution in [0, 0.1) is 11.3 Å². The molecule has 0 saturated heterocycles. The topological polar surface area (TPSA) is 103 Å². The number of esters is 1. The van der Waals surface area contributed by atoms with Crippen LogP contribution in [0.5, 0.6) is 5.75 Å². The Hall–Kier alpha value is -4.33. The summed E-state index contributed by atoms with van der Waals surface area (Å²) in [5, 5.41) is 5.58. The Bertz CT molecular complexity index is 1460. The summed E-state index contributed by atoms with van der Waals surface area (Å²) in [6.07, 6.45) is 5.80. The Labute approximate surface area is 272 Å². The lowest BCUT2D eigenvalue weighted by atomic mass is 9.86.